The molecule has 3 aromatic rings. The summed E-state index contributed by atoms with van der Waals surface area (Å²) in [6.45, 7) is 0.685. The van der Waals surface area contributed by atoms with Gasteiger partial charge in [0.05, 0.1) is 18.2 Å². The third kappa shape index (κ3) is 2.51. The molecule has 0 aliphatic heterocycles. The molecule has 100 valence electrons. The number of anilines is 1. The Morgan fingerprint density at radius 1 is 1.20 bits per heavy atom. The van der Waals surface area contributed by atoms with E-state index in [0.29, 0.717) is 12.4 Å². The minimum atomic E-state index is 0.500. The number of nitrogens with two attached hydrogens (primary N) is 1. The number of nitrogen functional groups attached to an aromatic ring is 1. The molecule has 0 saturated heterocycles. The third-order valence-electron chi connectivity index (χ3n) is 3.07. The van der Waals surface area contributed by atoms with Gasteiger partial charge >= 0.3 is 0 Å². The summed E-state index contributed by atoms with van der Waals surface area (Å²) in [5.74, 6) is 0.500. The summed E-state index contributed by atoms with van der Waals surface area (Å²) in [4.78, 5) is 8.32. The van der Waals surface area contributed by atoms with E-state index in [1.165, 1.54) is 0 Å². The molecule has 0 amide bonds. The van der Waals surface area contributed by atoms with Crippen molar-refractivity contribution in [1.82, 2.24) is 14.5 Å². The molecule has 2 aromatic heterocycles. The van der Waals surface area contributed by atoms with Crippen LogP contribution in [-0.2, 0) is 6.54 Å². The maximum absolute atomic E-state index is 6.01. The summed E-state index contributed by atoms with van der Waals surface area (Å²) in [5.41, 5.74) is 8.86. The van der Waals surface area contributed by atoms with Crippen molar-refractivity contribution in [2.45, 2.75) is 6.54 Å². The first-order valence-corrected chi connectivity index (χ1v) is 6.57. The molecule has 0 saturated carbocycles. The molecule has 0 aliphatic carbocycles. The molecule has 4 nitrogen and oxygen atoms in total. The molecule has 0 spiro atoms. The number of halogens is 1. The summed E-state index contributed by atoms with van der Waals surface area (Å²) >= 11 is 6.01. The molecule has 20 heavy (non-hydrogen) atoms. The summed E-state index contributed by atoms with van der Waals surface area (Å²) in [6, 6.07) is 11.6. The van der Waals surface area contributed by atoms with Gasteiger partial charge < -0.3 is 10.3 Å². The number of imidazole rings is 1. The molecule has 0 unspecified atom stereocenters. The van der Waals surface area contributed by atoms with E-state index in [-0.39, 0.29) is 0 Å². The minimum absolute atomic E-state index is 0.500. The second kappa shape index (κ2) is 5.35. The molecule has 0 fully saturated rings. The van der Waals surface area contributed by atoms with Gasteiger partial charge in [-0.05, 0) is 29.8 Å². The van der Waals surface area contributed by atoms with Gasteiger partial charge in [0.15, 0.2) is 0 Å². The number of nitrogens with zero attached hydrogens (tertiary/aromatic N) is 3. The topological polar surface area (TPSA) is 56.7 Å². The van der Waals surface area contributed by atoms with Crippen molar-refractivity contribution in [3.63, 3.8) is 0 Å². The van der Waals surface area contributed by atoms with Crippen LogP contribution in [0.25, 0.3) is 11.3 Å². The van der Waals surface area contributed by atoms with Crippen LogP contribution in [0.2, 0.25) is 5.02 Å². The molecule has 0 aliphatic rings. The molecule has 5 heteroatoms. The second-order valence-corrected chi connectivity index (χ2v) is 4.91. The Morgan fingerprint density at radius 2 is 2.10 bits per heavy atom. The van der Waals surface area contributed by atoms with Gasteiger partial charge in [0.25, 0.3) is 0 Å². The number of aromatic nitrogens is 3. The predicted octanol–water partition coefficient (Wildman–Crippen LogP) is 3.23. The van der Waals surface area contributed by atoms with Crippen molar-refractivity contribution < 1.29 is 0 Å². The Kier molecular flexibility index (Phi) is 3.39. The summed E-state index contributed by atoms with van der Waals surface area (Å²) < 4.78 is 2.03. The van der Waals surface area contributed by atoms with Crippen LogP contribution in [-0.4, -0.2) is 14.5 Å². The highest BCUT2D eigenvalue weighted by molar-refractivity contribution is 6.30. The van der Waals surface area contributed by atoms with E-state index in [4.69, 9.17) is 17.3 Å². The highest BCUT2D eigenvalue weighted by Crippen LogP contribution is 2.24. The molecule has 2 heterocycles. The average Bonchev–Trinajstić information content (AvgIpc) is 2.87. The monoisotopic (exact) mass is 284 g/mol. The lowest BCUT2D eigenvalue weighted by Gasteiger charge is -2.10. The zero-order valence-electron chi connectivity index (χ0n) is 10.7. The fraction of sp³-hybridized carbons (Fsp3) is 0.0667. The van der Waals surface area contributed by atoms with Crippen molar-refractivity contribution >= 4 is 17.4 Å². The SMILES string of the molecule is Nc1ncccc1-c1cncn1Cc1cccc(Cl)c1. The Morgan fingerprint density at radius 3 is 2.90 bits per heavy atom. The van der Waals surface area contributed by atoms with E-state index in [1.54, 1.807) is 18.7 Å². The highest BCUT2D eigenvalue weighted by Gasteiger charge is 2.09. The molecular formula is C15H13ClN4. The zero-order valence-corrected chi connectivity index (χ0v) is 11.5. The first-order valence-electron chi connectivity index (χ1n) is 6.19. The number of hydrogen-bond donors (Lipinski definition) is 1. The summed E-state index contributed by atoms with van der Waals surface area (Å²) in [5, 5.41) is 0.727. The lowest BCUT2D eigenvalue weighted by molar-refractivity contribution is 0.805. The second-order valence-electron chi connectivity index (χ2n) is 4.47. The quantitative estimate of drug-likeness (QED) is 0.803. The third-order valence-corrected chi connectivity index (χ3v) is 3.30. The Labute approximate surface area is 121 Å². The van der Waals surface area contributed by atoms with E-state index in [1.807, 2.05) is 41.0 Å². The summed E-state index contributed by atoms with van der Waals surface area (Å²) in [7, 11) is 0. The predicted molar refractivity (Wildman–Crippen MR) is 80.4 cm³/mol. The normalized spacial score (nSPS) is 10.7. The molecule has 0 bridgehead atoms. The number of benzene rings is 1. The van der Waals surface area contributed by atoms with Crippen molar-refractivity contribution in [2.75, 3.05) is 5.73 Å². The molecule has 2 N–H and O–H groups in total. The van der Waals surface area contributed by atoms with E-state index >= 15 is 0 Å². The van der Waals surface area contributed by atoms with Crippen LogP contribution in [0.5, 0.6) is 0 Å². The van der Waals surface area contributed by atoms with E-state index in [9.17, 15) is 0 Å². The van der Waals surface area contributed by atoms with Crippen LogP contribution >= 0.6 is 11.6 Å². The standard InChI is InChI=1S/C15H13ClN4/c16-12-4-1-3-11(7-12)9-20-10-18-8-14(20)13-5-2-6-19-15(13)17/h1-8,10H,9H2,(H2,17,19). The van der Waals surface area contributed by atoms with E-state index in [2.05, 4.69) is 9.97 Å². The van der Waals surface area contributed by atoms with Gasteiger partial charge in [-0.25, -0.2) is 9.97 Å². The van der Waals surface area contributed by atoms with E-state index in [0.717, 1.165) is 21.8 Å². The van der Waals surface area contributed by atoms with Gasteiger partial charge in [-0.1, -0.05) is 23.7 Å². The molecule has 1 aromatic carbocycles. The number of rotatable bonds is 3. The number of pyridine rings is 1. The van der Waals surface area contributed by atoms with Crippen LogP contribution in [0.4, 0.5) is 5.82 Å². The van der Waals surface area contributed by atoms with Gasteiger partial charge in [0.2, 0.25) is 0 Å². The van der Waals surface area contributed by atoms with E-state index < -0.39 is 0 Å². The van der Waals surface area contributed by atoms with Gasteiger partial charge in [0, 0.05) is 23.3 Å². The van der Waals surface area contributed by atoms with Crippen LogP contribution in [0.3, 0.4) is 0 Å². The summed E-state index contributed by atoms with van der Waals surface area (Å²) in [6.07, 6.45) is 5.25. The zero-order chi connectivity index (χ0) is 13.9. The molecule has 0 radical (unpaired) electrons. The fourth-order valence-corrected chi connectivity index (χ4v) is 2.35. The van der Waals surface area contributed by atoms with Crippen molar-refractivity contribution in [3.8, 4) is 11.3 Å². The lowest BCUT2D eigenvalue weighted by atomic mass is 10.2. The van der Waals surface area contributed by atoms with Gasteiger partial charge in [-0.15, -0.1) is 0 Å². The lowest BCUT2D eigenvalue weighted by Crippen LogP contribution is -2.02. The molecular weight excluding hydrogens is 272 g/mol. The Hall–Kier alpha value is -2.33. The Bertz CT molecular complexity index is 736. The first kappa shape index (κ1) is 12.7. The highest BCUT2D eigenvalue weighted by atomic mass is 35.5. The smallest absolute Gasteiger partial charge is 0.132 e. The number of hydrogen-bond acceptors (Lipinski definition) is 3. The van der Waals surface area contributed by atoms with Crippen molar-refractivity contribution in [3.05, 3.63) is 65.7 Å². The van der Waals surface area contributed by atoms with Crippen molar-refractivity contribution in [2.24, 2.45) is 0 Å². The maximum Gasteiger partial charge on any atom is 0.132 e. The van der Waals surface area contributed by atoms with Gasteiger partial charge in [-0.2, -0.15) is 0 Å². The largest absolute Gasteiger partial charge is 0.383 e. The molecule has 3 rings (SSSR count). The van der Waals surface area contributed by atoms with Gasteiger partial charge in [-0.3, -0.25) is 0 Å². The van der Waals surface area contributed by atoms with Crippen LogP contribution in [0.1, 0.15) is 5.56 Å². The Balaban J connectivity index is 1.97. The maximum atomic E-state index is 6.01. The van der Waals surface area contributed by atoms with Crippen LogP contribution in [0.15, 0.2) is 55.1 Å². The van der Waals surface area contributed by atoms with Crippen molar-refractivity contribution in [1.29, 1.82) is 0 Å². The fourth-order valence-electron chi connectivity index (χ4n) is 2.14. The average molecular weight is 285 g/mol. The first-order chi connectivity index (χ1) is 9.74. The van der Waals surface area contributed by atoms with Gasteiger partial charge in [0.1, 0.15) is 5.82 Å². The minimum Gasteiger partial charge on any atom is -0.383 e. The van der Waals surface area contributed by atoms with Crippen LogP contribution < -0.4 is 5.73 Å². The molecule has 0 atom stereocenters. The van der Waals surface area contributed by atoms with Crippen LogP contribution in [0, 0.1) is 0 Å².